The molecule has 1 aliphatic heterocycles. The first-order chi connectivity index (χ1) is 15.4. The summed E-state index contributed by atoms with van der Waals surface area (Å²) in [4.78, 5) is 14.8. The number of carbonyl (C=O) groups is 1. The van der Waals surface area contributed by atoms with Crippen molar-refractivity contribution in [2.45, 2.75) is 29.7 Å². The first-order valence-electron chi connectivity index (χ1n) is 10.2. The minimum absolute atomic E-state index is 0.153. The van der Waals surface area contributed by atoms with E-state index in [4.69, 9.17) is 4.74 Å². The molecule has 1 amide bonds. The summed E-state index contributed by atoms with van der Waals surface area (Å²) in [6.07, 6.45) is 1.07. The van der Waals surface area contributed by atoms with Crippen molar-refractivity contribution >= 4 is 27.3 Å². The highest BCUT2D eigenvalue weighted by Gasteiger charge is 2.28. The third-order valence-electron chi connectivity index (χ3n) is 5.29. The van der Waals surface area contributed by atoms with Crippen molar-refractivity contribution in [3.63, 3.8) is 0 Å². The van der Waals surface area contributed by atoms with E-state index in [-0.39, 0.29) is 24.4 Å². The lowest BCUT2D eigenvalue weighted by atomic mass is 10.0. The molecule has 0 spiro atoms. The normalized spacial score (nSPS) is 15.0. The second-order valence-electron chi connectivity index (χ2n) is 7.53. The lowest BCUT2D eigenvalue weighted by molar-refractivity contribution is 0.0706. The third kappa shape index (κ3) is 5.35. The zero-order valence-electron chi connectivity index (χ0n) is 17.2. The maximum atomic E-state index is 13.1. The quantitative estimate of drug-likeness (QED) is 0.561. The van der Waals surface area contributed by atoms with Crippen molar-refractivity contribution < 1.29 is 22.3 Å². The number of halogens is 1. The van der Waals surface area contributed by atoms with Gasteiger partial charge in [-0.2, -0.15) is 0 Å². The molecule has 0 atom stereocenters. The van der Waals surface area contributed by atoms with E-state index in [1.165, 1.54) is 23.5 Å². The van der Waals surface area contributed by atoms with Crippen LogP contribution in [0.3, 0.4) is 0 Å². The van der Waals surface area contributed by atoms with E-state index in [2.05, 4.69) is 4.72 Å². The zero-order chi connectivity index (χ0) is 22.6. The lowest BCUT2D eigenvalue weighted by Gasteiger charge is -2.32. The Hall–Kier alpha value is -2.75. The molecule has 2 heterocycles. The number of rotatable bonds is 7. The molecular weight excluding hydrogens is 451 g/mol. The Morgan fingerprint density at radius 2 is 1.78 bits per heavy atom. The van der Waals surface area contributed by atoms with Gasteiger partial charge in [0.25, 0.3) is 5.91 Å². The molecule has 9 heteroatoms. The van der Waals surface area contributed by atoms with Crippen LogP contribution < -0.4 is 9.46 Å². The molecule has 1 N–H and O–H groups in total. The number of thiophene rings is 1. The number of ether oxygens (including phenoxy) is 1. The highest BCUT2D eigenvalue weighted by Crippen LogP contribution is 2.24. The van der Waals surface area contributed by atoms with Crippen molar-refractivity contribution in [1.29, 1.82) is 0 Å². The molecule has 1 aliphatic rings. The Labute approximate surface area is 190 Å². The number of carbonyl (C=O) groups excluding carboxylic acids is 1. The van der Waals surface area contributed by atoms with Gasteiger partial charge < -0.3 is 9.64 Å². The Bertz CT molecular complexity index is 1160. The fraction of sp³-hybridized carbons (Fsp3) is 0.261. The topological polar surface area (TPSA) is 75.7 Å². The minimum Gasteiger partial charge on any atom is -0.488 e. The van der Waals surface area contributed by atoms with Crippen LogP contribution in [-0.2, 0) is 16.6 Å². The highest BCUT2D eigenvalue weighted by atomic mass is 32.2. The van der Waals surface area contributed by atoms with Crippen LogP contribution in [0.15, 0.2) is 70.3 Å². The van der Waals surface area contributed by atoms with Crippen molar-refractivity contribution in [2.24, 2.45) is 0 Å². The highest BCUT2D eigenvalue weighted by molar-refractivity contribution is 7.91. The smallest absolute Gasteiger partial charge is 0.257 e. The number of benzene rings is 2. The van der Waals surface area contributed by atoms with Crippen LogP contribution in [0.1, 0.15) is 28.8 Å². The second kappa shape index (κ2) is 9.81. The molecular formula is C23H23FN2O4S2. The van der Waals surface area contributed by atoms with Gasteiger partial charge in [-0.3, -0.25) is 4.79 Å². The van der Waals surface area contributed by atoms with Gasteiger partial charge in [-0.25, -0.2) is 17.5 Å². The molecule has 1 saturated heterocycles. The van der Waals surface area contributed by atoms with E-state index < -0.39 is 10.0 Å². The SMILES string of the molecule is O=C(c1ccccc1OCc1ccc(F)cc1)N1CCC(NS(=O)(=O)c2cccs2)CC1. The fourth-order valence-electron chi connectivity index (χ4n) is 3.58. The van der Waals surface area contributed by atoms with Crippen molar-refractivity contribution in [3.05, 3.63) is 83.0 Å². The van der Waals surface area contributed by atoms with E-state index >= 15 is 0 Å². The van der Waals surface area contributed by atoms with Gasteiger partial charge in [0.05, 0.1) is 5.56 Å². The van der Waals surface area contributed by atoms with Gasteiger partial charge in [-0.05, 0) is 54.1 Å². The van der Waals surface area contributed by atoms with Gasteiger partial charge in [0.1, 0.15) is 22.4 Å². The summed E-state index contributed by atoms with van der Waals surface area (Å²) in [5.41, 5.74) is 1.25. The summed E-state index contributed by atoms with van der Waals surface area (Å²) in [6, 6.07) is 16.1. The van der Waals surface area contributed by atoms with Gasteiger partial charge >= 0.3 is 0 Å². The molecule has 1 aromatic heterocycles. The van der Waals surface area contributed by atoms with E-state index in [1.807, 2.05) is 0 Å². The number of para-hydroxylation sites is 1. The standard InChI is InChI=1S/C23H23FN2O4S2/c24-18-9-7-17(8-10-18)16-30-21-5-2-1-4-20(21)23(27)26-13-11-19(12-14-26)25-32(28,29)22-6-3-15-31-22/h1-10,15,19,25H,11-14,16H2. The van der Waals surface area contributed by atoms with Crippen LogP contribution >= 0.6 is 11.3 Å². The molecule has 0 aliphatic carbocycles. The molecule has 1 fully saturated rings. The van der Waals surface area contributed by atoms with Crippen LogP contribution in [0.5, 0.6) is 5.75 Å². The monoisotopic (exact) mass is 474 g/mol. The van der Waals surface area contributed by atoms with Crippen LogP contribution in [0, 0.1) is 5.82 Å². The molecule has 32 heavy (non-hydrogen) atoms. The molecule has 0 saturated carbocycles. The number of hydrogen-bond acceptors (Lipinski definition) is 5. The summed E-state index contributed by atoms with van der Waals surface area (Å²) in [6.45, 7) is 1.11. The summed E-state index contributed by atoms with van der Waals surface area (Å²) >= 11 is 1.18. The summed E-state index contributed by atoms with van der Waals surface area (Å²) in [5.74, 6) is -0.00738. The number of hydrogen-bond donors (Lipinski definition) is 1. The van der Waals surface area contributed by atoms with Gasteiger partial charge in [0.15, 0.2) is 0 Å². The molecule has 6 nitrogen and oxygen atoms in total. The lowest BCUT2D eigenvalue weighted by Crippen LogP contribution is -2.46. The molecule has 0 radical (unpaired) electrons. The van der Waals surface area contributed by atoms with E-state index in [9.17, 15) is 17.6 Å². The predicted octanol–water partition coefficient (Wildman–Crippen LogP) is 4.05. The van der Waals surface area contributed by atoms with E-state index in [0.29, 0.717) is 41.5 Å². The molecule has 3 aromatic rings. The summed E-state index contributed by atoms with van der Waals surface area (Å²) in [7, 11) is -3.53. The number of nitrogens with zero attached hydrogens (tertiary/aromatic N) is 1. The molecule has 0 bridgehead atoms. The number of likely N-dealkylation sites (tertiary alicyclic amines) is 1. The first kappa shape index (κ1) is 22.4. The summed E-state index contributed by atoms with van der Waals surface area (Å²) < 4.78 is 46.8. The van der Waals surface area contributed by atoms with Gasteiger partial charge in [-0.15, -0.1) is 11.3 Å². The Balaban J connectivity index is 1.36. The second-order valence-corrected chi connectivity index (χ2v) is 10.4. The zero-order valence-corrected chi connectivity index (χ0v) is 18.9. The number of sulfonamides is 1. The average Bonchev–Trinajstić information content (AvgIpc) is 3.35. The Morgan fingerprint density at radius 1 is 1.06 bits per heavy atom. The molecule has 4 rings (SSSR count). The Morgan fingerprint density at radius 3 is 2.47 bits per heavy atom. The van der Waals surface area contributed by atoms with Crippen molar-refractivity contribution in [2.75, 3.05) is 13.1 Å². The van der Waals surface area contributed by atoms with Crippen molar-refractivity contribution in [1.82, 2.24) is 9.62 Å². The average molecular weight is 475 g/mol. The molecule has 168 valence electrons. The Kier molecular flexibility index (Phi) is 6.88. The maximum Gasteiger partial charge on any atom is 0.257 e. The summed E-state index contributed by atoms with van der Waals surface area (Å²) in [5, 5.41) is 1.73. The number of nitrogens with one attached hydrogen (secondary N) is 1. The van der Waals surface area contributed by atoms with E-state index in [0.717, 1.165) is 5.56 Å². The van der Waals surface area contributed by atoms with Gasteiger partial charge in [0, 0.05) is 19.1 Å². The maximum absolute atomic E-state index is 13.1. The fourth-order valence-corrected chi connectivity index (χ4v) is 5.89. The minimum atomic E-state index is -3.53. The predicted molar refractivity (Wildman–Crippen MR) is 121 cm³/mol. The van der Waals surface area contributed by atoms with Crippen LogP contribution in [-0.4, -0.2) is 38.4 Å². The van der Waals surface area contributed by atoms with Crippen molar-refractivity contribution in [3.8, 4) is 5.75 Å². The van der Waals surface area contributed by atoms with Gasteiger partial charge in [0.2, 0.25) is 10.0 Å². The largest absolute Gasteiger partial charge is 0.488 e. The van der Waals surface area contributed by atoms with Crippen LogP contribution in [0.25, 0.3) is 0 Å². The van der Waals surface area contributed by atoms with Crippen LogP contribution in [0.2, 0.25) is 0 Å². The van der Waals surface area contributed by atoms with Crippen LogP contribution in [0.4, 0.5) is 4.39 Å². The third-order valence-corrected chi connectivity index (χ3v) is 8.21. The van der Waals surface area contributed by atoms with E-state index in [1.54, 1.807) is 58.8 Å². The molecule has 2 aromatic carbocycles. The molecule has 0 unspecified atom stereocenters. The number of amides is 1. The van der Waals surface area contributed by atoms with Gasteiger partial charge in [-0.1, -0.05) is 30.3 Å². The first-order valence-corrected chi connectivity index (χ1v) is 12.6. The number of piperidine rings is 1.